The van der Waals surface area contributed by atoms with Gasteiger partial charge in [0.25, 0.3) is 0 Å². The van der Waals surface area contributed by atoms with Gasteiger partial charge in [-0.2, -0.15) is 0 Å². The smallest absolute Gasteiger partial charge is 0.223 e. The zero-order valence-corrected chi connectivity index (χ0v) is 16.4. The van der Waals surface area contributed by atoms with Crippen LogP contribution in [0.25, 0.3) is 0 Å². The molecule has 2 N–H and O–H groups in total. The molecule has 5 nitrogen and oxygen atoms in total. The number of nitrogens with one attached hydrogen (secondary N) is 2. The molecule has 3 aliphatic rings. The van der Waals surface area contributed by atoms with Crippen LogP contribution in [-0.2, 0) is 9.59 Å². The highest BCUT2D eigenvalue weighted by Crippen LogP contribution is 2.87. The fourth-order valence-corrected chi connectivity index (χ4v) is 5.22. The summed E-state index contributed by atoms with van der Waals surface area (Å²) in [4.78, 5) is 26.1. The summed E-state index contributed by atoms with van der Waals surface area (Å²) in [5.74, 6) is 2.96. The number of likely N-dealkylation sites (tertiary alicyclic amines) is 1. The Kier molecular flexibility index (Phi) is 5.12. The summed E-state index contributed by atoms with van der Waals surface area (Å²) in [5.41, 5.74) is 0.714. The Morgan fingerprint density at radius 1 is 1.38 bits per heavy atom. The van der Waals surface area contributed by atoms with Crippen molar-refractivity contribution in [3.05, 3.63) is 0 Å². The number of amides is 2. The first kappa shape index (κ1) is 18.0. The Morgan fingerprint density at radius 3 is 2.79 bits per heavy atom. The Hall–Kier alpha value is -0.810. The van der Waals surface area contributed by atoms with Gasteiger partial charge >= 0.3 is 0 Å². The first-order valence-corrected chi connectivity index (χ1v) is 10.0. The maximum Gasteiger partial charge on any atom is 0.223 e. The Labute approximate surface area is 157 Å². The minimum Gasteiger partial charge on any atom is -0.356 e. The second-order valence-electron chi connectivity index (χ2n) is 7.64. The zero-order valence-electron chi connectivity index (χ0n) is 14.2. The Balaban J connectivity index is 1.31. The van der Waals surface area contributed by atoms with Crippen LogP contribution in [0.1, 0.15) is 38.5 Å². The molecule has 3 rings (SSSR count). The molecule has 0 aromatic rings. The molecule has 0 aromatic heterocycles. The third-order valence-electron chi connectivity index (χ3n) is 5.90. The van der Waals surface area contributed by atoms with Gasteiger partial charge in [-0.25, -0.2) is 0 Å². The van der Waals surface area contributed by atoms with Crippen molar-refractivity contribution >= 4 is 34.4 Å². The number of fused-ring (bicyclic) bond motifs is 1. The average Bonchev–Trinajstić information content (AvgIpc) is 3.23. The van der Waals surface area contributed by atoms with Crippen LogP contribution < -0.4 is 10.6 Å². The highest BCUT2D eigenvalue weighted by atomic mass is 127. The molecule has 1 saturated heterocycles. The lowest BCUT2D eigenvalue weighted by molar-refractivity contribution is -0.131. The van der Waals surface area contributed by atoms with E-state index < -0.39 is 0 Å². The molecule has 2 saturated carbocycles. The number of halogens is 1. The molecule has 3 fully saturated rings. The molecule has 1 heterocycles. The predicted octanol–water partition coefficient (Wildman–Crippen LogP) is 1.31. The highest BCUT2D eigenvalue weighted by molar-refractivity contribution is 14.1. The van der Waals surface area contributed by atoms with Crippen molar-refractivity contribution in [2.24, 2.45) is 10.8 Å². The van der Waals surface area contributed by atoms with Crippen LogP contribution in [0, 0.1) is 23.2 Å². The maximum absolute atomic E-state index is 12.3. The van der Waals surface area contributed by atoms with E-state index in [0.717, 1.165) is 19.5 Å². The Morgan fingerprint density at radius 2 is 2.12 bits per heavy atom. The van der Waals surface area contributed by atoms with Crippen LogP contribution >= 0.6 is 22.6 Å². The maximum atomic E-state index is 12.3. The van der Waals surface area contributed by atoms with Crippen molar-refractivity contribution in [2.75, 3.05) is 26.7 Å². The van der Waals surface area contributed by atoms with Gasteiger partial charge in [-0.1, -0.05) is 28.5 Å². The number of carbonyl (C=O) groups excluding carboxylic acids is 2. The second-order valence-corrected chi connectivity index (χ2v) is 9.40. The van der Waals surface area contributed by atoms with Crippen molar-refractivity contribution in [1.29, 1.82) is 0 Å². The van der Waals surface area contributed by atoms with Crippen LogP contribution in [0.3, 0.4) is 0 Å². The van der Waals surface area contributed by atoms with Gasteiger partial charge in [-0.15, -0.1) is 6.42 Å². The molecular formula is C18H26IN3O2. The van der Waals surface area contributed by atoms with Crippen LogP contribution in [0.5, 0.6) is 0 Å². The van der Waals surface area contributed by atoms with E-state index in [1.54, 1.807) is 0 Å². The van der Waals surface area contributed by atoms with E-state index in [2.05, 4.69) is 39.1 Å². The largest absolute Gasteiger partial charge is 0.356 e. The summed E-state index contributed by atoms with van der Waals surface area (Å²) in [5, 5.41) is 6.20. The second kappa shape index (κ2) is 6.83. The molecule has 0 unspecified atom stereocenters. The fraction of sp³-hybridized carbons (Fsp3) is 0.778. The first-order valence-electron chi connectivity index (χ1n) is 8.76. The van der Waals surface area contributed by atoms with E-state index in [4.69, 9.17) is 6.42 Å². The topological polar surface area (TPSA) is 61.4 Å². The molecule has 2 aliphatic carbocycles. The van der Waals surface area contributed by atoms with Gasteiger partial charge in [0.1, 0.15) is 0 Å². The number of terminal acetylenes is 1. The van der Waals surface area contributed by atoms with Gasteiger partial charge < -0.3 is 15.5 Å². The molecule has 2 atom stereocenters. The lowest BCUT2D eigenvalue weighted by Crippen LogP contribution is -2.35. The third kappa shape index (κ3) is 3.43. The zero-order chi connectivity index (χ0) is 17.4. The molecule has 0 aromatic carbocycles. The highest BCUT2D eigenvalue weighted by Gasteiger charge is 2.82. The molecule has 6 heteroatoms. The number of hydrogen-bond acceptors (Lipinski definition) is 3. The van der Waals surface area contributed by atoms with Gasteiger partial charge in [0.05, 0.1) is 6.04 Å². The summed E-state index contributed by atoms with van der Waals surface area (Å²) < 4.78 is 0.446. The SMILES string of the molecule is C#C[C@@H]1C[C@@H](I)CN1C(=O)CCCNC(=O)CC12CC1(CNC)C2. The van der Waals surface area contributed by atoms with Gasteiger partial charge in [0.2, 0.25) is 11.8 Å². The number of rotatable bonds is 8. The van der Waals surface area contributed by atoms with Crippen molar-refractivity contribution in [2.45, 2.75) is 48.5 Å². The van der Waals surface area contributed by atoms with E-state index in [9.17, 15) is 9.59 Å². The van der Waals surface area contributed by atoms with Crippen molar-refractivity contribution in [1.82, 2.24) is 15.5 Å². The lowest BCUT2D eigenvalue weighted by atomic mass is 10.1. The van der Waals surface area contributed by atoms with Crippen LogP contribution in [0.15, 0.2) is 0 Å². The molecule has 24 heavy (non-hydrogen) atoms. The number of nitrogens with zero attached hydrogens (tertiary/aromatic N) is 1. The number of carbonyl (C=O) groups is 2. The summed E-state index contributed by atoms with van der Waals surface area (Å²) in [6, 6.07) is -0.0573. The van der Waals surface area contributed by atoms with Crippen molar-refractivity contribution < 1.29 is 9.59 Å². The van der Waals surface area contributed by atoms with E-state index in [1.165, 1.54) is 12.8 Å². The van der Waals surface area contributed by atoms with Gasteiger partial charge in [-0.3, -0.25) is 9.59 Å². The van der Waals surface area contributed by atoms with Gasteiger partial charge in [-0.05, 0) is 43.6 Å². The number of hydrogen-bond donors (Lipinski definition) is 2. The summed E-state index contributed by atoms with van der Waals surface area (Å²) in [6.07, 6.45) is 10.5. The quantitative estimate of drug-likeness (QED) is 0.258. The third-order valence-corrected chi connectivity index (χ3v) is 6.80. The van der Waals surface area contributed by atoms with Crippen molar-refractivity contribution in [3.63, 3.8) is 0 Å². The van der Waals surface area contributed by atoms with E-state index in [-0.39, 0.29) is 17.9 Å². The van der Waals surface area contributed by atoms with Crippen molar-refractivity contribution in [3.8, 4) is 12.3 Å². The summed E-state index contributed by atoms with van der Waals surface area (Å²) in [6.45, 7) is 2.34. The number of alkyl halides is 1. The summed E-state index contributed by atoms with van der Waals surface area (Å²) in [7, 11) is 1.97. The van der Waals surface area contributed by atoms with Gasteiger partial charge in [0, 0.05) is 36.4 Å². The van der Waals surface area contributed by atoms with E-state index >= 15 is 0 Å². The monoisotopic (exact) mass is 443 g/mol. The molecule has 0 radical (unpaired) electrons. The normalized spacial score (nSPS) is 36.0. The van der Waals surface area contributed by atoms with E-state index in [1.807, 2.05) is 11.9 Å². The average molecular weight is 443 g/mol. The molecular weight excluding hydrogens is 417 g/mol. The van der Waals surface area contributed by atoms with Crippen LogP contribution in [0.2, 0.25) is 0 Å². The first-order chi connectivity index (χ1) is 11.5. The predicted molar refractivity (Wildman–Crippen MR) is 102 cm³/mol. The van der Waals surface area contributed by atoms with Crippen LogP contribution in [0.4, 0.5) is 0 Å². The molecule has 1 aliphatic heterocycles. The molecule has 0 bridgehead atoms. The molecule has 2 amide bonds. The van der Waals surface area contributed by atoms with Crippen LogP contribution in [-0.4, -0.2) is 53.4 Å². The van der Waals surface area contributed by atoms with Gasteiger partial charge in [0.15, 0.2) is 0 Å². The fourth-order valence-electron chi connectivity index (χ4n) is 4.32. The lowest BCUT2D eigenvalue weighted by Gasteiger charge is -2.20. The van der Waals surface area contributed by atoms with E-state index in [0.29, 0.717) is 40.6 Å². The molecule has 132 valence electrons. The minimum absolute atomic E-state index is 0.0573. The minimum atomic E-state index is -0.0573. The summed E-state index contributed by atoms with van der Waals surface area (Å²) >= 11 is 2.35. The standard InChI is InChI=1S/C18H26IN3O2/c1-3-14-7-13(19)9-22(14)16(24)5-4-6-21-15(23)8-17-10-18(17,11-17)12-20-2/h1,13-14,20H,4-12H2,2H3,(H,21,23)/t13-,14-,17?,18?/m1/s1. The Bertz CT molecular complexity index is 565. The molecule has 0 spiro atoms.